The van der Waals surface area contributed by atoms with E-state index in [4.69, 9.17) is 4.74 Å². The molecule has 0 bridgehead atoms. The topological polar surface area (TPSA) is 64.9 Å². The summed E-state index contributed by atoms with van der Waals surface area (Å²) >= 11 is 0. The molecule has 1 N–H and O–H groups in total. The number of hydrogen-bond donors (Lipinski definition) is 1. The third-order valence-corrected chi connectivity index (χ3v) is 2.84. The molecule has 0 aliphatic carbocycles. The highest BCUT2D eigenvalue weighted by atomic mass is 16.5. The van der Waals surface area contributed by atoms with Gasteiger partial charge in [-0.2, -0.15) is 4.98 Å². The van der Waals surface area contributed by atoms with Crippen LogP contribution in [0.4, 0.5) is 11.6 Å². The number of nitrogens with zero attached hydrogens (tertiary/aromatic N) is 4. The number of aromatic nitrogens is 4. The van der Waals surface area contributed by atoms with E-state index in [-0.39, 0.29) is 6.10 Å². The zero-order valence-corrected chi connectivity index (χ0v) is 12.5. The molecule has 1 aromatic carbocycles. The van der Waals surface area contributed by atoms with Crippen LogP contribution in [0.3, 0.4) is 0 Å². The average Bonchev–Trinajstić information content (AvgIpc) is 2.96. The van der Waals surface area contributed by atoms with Crippen LogP contribution in [0.15, 0.2) is 55.0 Å². The van der Waals surface area contributed by atoms with E-state index in [2.05, 4.69) is 20.4 Å². The van der Waals surface area contributed by atoms with Gasteiger partial charge in [-0.3, -0.25) is 0 Å². The molecule has 0 unspecified atom stereocenters. The van der Waals surface area contributed by atoms with Gasteiger partial charge in [0.05, 0.1) is 6.10 Å². The fraction of sp³-hybridized carbons (Fsp3) is 0.188. The zero-order chi connectivity index (χ0) is 15.4. The normalized spacial score (nSPS) is 10.7. The molecule has 0 saturated heterocycles. The van der Waals surface area contributed by atoms with Crippen LogP contribution in [0, 0.1) is 0 Å². The minimum absolute atomic E-state index is 0.136. The summed E-state index contributed by atoms with van der Waals surface area (Å²) < 4.78 is 7.29. The molecule has 3 rings (SSSR count). The Kier molecular flexibility index (Phi) is 4.00. The lowest BCUT2D eigenvalue weighted by Gasteiger charge is -2.10. The quantitative estimate of drug-likeness (QED) is 0.783. The molecule has 22 heavy (non-hydrogen) atoms. The standard InChI is InChI=1S/C16H17N5O/c1-12(2)22-14-7-5-6-13(10-14)19-16-18-11-21(20-16)15-8-3-4-9-17-15/h3-12H,1-2H3,(H,19,20). The van der Waals surface area contributed by atoms with Gasteiger partial charge in [0.15, 0.2) is 5.82 Å². The number of rotatable bonds is 5. The van der Waals surface area contributed by atoms with Crippen molar-refractivity contribution in [3.05, 3.63) is 55.0 Å². The van der Waals surface area contributed by atoms with Crippen LogP contribution in [0.2, 0.25) is 0 Å². The molecular weight excluding hydrogens is 278 g/mol. The molecule has 6 nitrogen and oxygen atoms in total. The van der Waals surface area contributed by atoms with E-state index in [0.29, 0.717) is 5.95 Å². The summed E-state index contributed by atoms with van der Waals surface area (Å²) in [4.78, 5) is 8.47. The molecule has 0 atom stereocenters. The first kappa shape index (κ1) is 14.1. The van der Waals surface area contributed by atoms with Crippen molar-refractivity contribution < 1.29 is 4.74 Å². The maximum Gasteiger partial charge on any atom is 0.247 e. The van der Waals surface area contributed by atoms with Gasteiger partial charge in [-0.15, -0.1) is 5.10 Å². The van der Waals surface area contributed by atoms with E-state index in [1.54, 1.807) is 17.2 Å². The van der Waals surface area contributed by atoms with Gasteiger partial charge in [-0.1, -0.05) is 12.1 Å². The number of hydrogen-bond acceptors (Lipinski definition) is 5. The molecular formula is C16H17N5O. The van der Waals surface area contributed by atoms with Crippen LogP contribution in [0.1, 0.15) is 13.8 Å². The van der Waals surface area contributed by atoms with E-state index in [1.807, 2.05) is 56.3 Å². The van der Waals surface area contributed by atoms with E-state index in [1.165, 1.54) is 0 Å². The Morgan fingerprint density at radius 2 is 2.00 bits per heavy atom. The lowest BCUT2D eigenvalue weighted by Crippen LogP contribution is -2.05. The summed E-state index contributed by atoms with van der Waals surface area (Å²) in [6.07, 6.45) is 3.48. The first-order valence-corrected chi connectivity index (χ1v) is 7.07. The van der Waals surface area contributed by atoms with Crippen molar-refractivity contribution in [2.24, 2.45) is 0 Å². The number of benzene rings is 1. The van der Waals surface area contributed by atoms with Crippen LogP contribution in [0.5, 0.6) is 5.75 Å². The molecule has 6 heteroatoms. The first-order chi connectivity index (χ1) is 10.7. The monoisotopic (exact) mass is 295 g/mol. The minimum Gasteiger partial charge on any atom is -0.491 e. The van der Waals surface area contributed by atoms with Gasteiger partial charge in [-0.05, 0) is 38.1 Å². The summed E-state index contributed by atoms with van der Waals surface area (Å²) in [6.45, 7) is 3.99. The summed E-state index contributed by atoms with van der Waals surface area (Å²) in [5, 5.41) is 7.51. The minimum atomic E-state index is 0.136. The summed E-state index contributed by atoms with van der Waals surface area (Å²) in [6, 6.07) is 13.3. The molecule has 0 aliphatic rings. The number of nitrogens with one attached hydrogen (secondary N) is 1. The molecule has 0 amide bonds. The van der Waals surface area contributed by atoms with Gasteiger partial charge < -0.3 is 10.1 Å². The van der Waals surface area contributed by atoms with Crippen molar-refractivity contribution >= 4 is 11.6 Å². The summed E-state index contributed by atoms with van der Waals surface area (Å²) in [7, 11) is 0. The largest absolute Gasteiger partial charge is 0.491 e. The molecule has 0 aliphatic heterocycles. The summed E-state index contributed by atoms with van der Waals surface area (Å²) in [5.41, 5.74) is 0.872. The number of anilines is 2. The van der Waals surface area contributed by atoms with Crippen LogP contribution < -0.4 is 10.1 Å². The van der Waals surface area contributed by atoms with Crippen LogP contribution in [0.25, 0.3) is 5.82 Å². The molecule has 0 saturated carbocycles. The van der Waals surface area contributed by atoms with Crippen molar-refractivity contribution in [2.75, 3.05) is 5.32 Å². The lowest BCUT2D eigenvalue weighted by atomic mass is 10.3. The Hall–Kier alpha value is -2.89. The second-order valence-corrected chi connectivity index (χ2v) is 5.02. The van der Waals surface area contributed by atoms with Gasteiger partial charge in [0.2, 0.25) is 5.95 Å². The highest BCUT2D eigenvalue weighted by Gasteiger charge is 2.05. The Bertz CT molecular complexity index is 739. The van der Waals surface area contributed by atoms with E-state index in [9.17, 15) is 0 Å². The predicted octanol–water partition coefficient (Wildman–Crippen LogP) is 3.19. The first-order valence-electron chi connectivity index (χ1n) is 7.07. The smallest absolute Gasteiger partial charge is 0.247 e. The van der Waals surface area contributed by atoms with Gasteiger partial charge in [0.25, 0.3) is 0 Å². The SMILES string of the molecule is CC(C)Oc1cccc(Nc2ncn(-c3ccccn3)n2)c1. The van der Waals surface area contributed by atoms with Gasteiger partial charge in [0, 0.05) is 18.0 Å². The maximum atomic E-state index is 5.67. The van der Waals surface area contributed by atoms with Crippen molar-refractivity contribution in [3.63, 3.8) is 0 Å². The van der Waals surface area contributed by atoms with Crippen LogP contribution in [-0.4, -0.2) is 25.9 Å². The van der Waals surface area contributed by atoms with Crippen molar-refractivity contribution in [1.29, 1.82) is 0 Å². The average molecular weight is 295 g/mol. The van der Waals surface area contributed by atoms with Crippen LogP contribution in [-0.2, 0) is 0 Å². The molecule has 0 fully saturated rings. The number of pyridine rings is 1. The molecule has 2 aromatic heterocycles. The summed E-state index contributed by atoms with van der Waals surface area (Å²) in [5.74, 6) is 2.04. The Morgan fingerprint density at radius 3 is 2.77 bits per heavy atom. The van der Waals surface area contributed by atoms with Gasteiger partial charge in [0.1, 0.15) is 12.1 Å². The Balaban J connectivity index is 1.75. The van der Waals surface area contributed by atoms with E-state index >= 15 is 0 Å². The lowest BCUT2D eigenvalue weighted by molar-refractivity contribution is 0.242. The van der Waals surface area contributed by atoms with E-state index in [0.717, 1.165) is 17.3 Å². The van der Waals surface area contributed by atoms with Crippen LogP contribution >= 0.6 is 0 Å². The Labute approximate surface area is 128 Å². The maximum absolute atomic E-state index is 5.67. The molecule has 2 heterocycles. The number of ether oxygens (including phenoxy) is 1. The third kappa shape index (κ3) is 3.41. The zero-order valence-electron chi connectivity index (χ0n) is 12.5. The van der Waals surface area contributed by atoms with Gasteiger partial charge >= 0.3 is 0 Å². The fourth-order valence-corrected chi connectivity index (χ4v) is 1.97. The highest BCUT2D eigenvalue weighted by Crippen LogP contribution is 2.20. The molecule has 112 valence electrons. The third-order valence-electron chi connectivity index (χ3n) is 2.84. The highest BCUT2D eigenvalue weighted by molar-refractivity contribution is 5.55. The van der Waals surface area contributed by atoms with Crippen molar-refractivity contribution in [2.45, 2.75) is 20.0 Å². The molecule has 0 spiro atoms. The second kappa shape index (κ2) is 6.26. The van der Waals surface area contributed by atoms with Gasteiger partial charge in [-0.25, -0.2) is 9.67 Å². The second-order valence-electron chi connectivity index (χ2n) is 5.02. The predicted molar refractivity (Wildman–Crippen MR) is 84.6 cm³/mol. The van der Waals surface area contributed by atoms with Crippen molar-refractivity contribution in [3.8, 4) is 11.6 Å². The molecule has 0 radical (unpaired) electrons. The van der Waals surface area contributed by atoms with Crippen molar-refractivity contribution in [1.82, 2.24) is 19.7 Å². The van der Waals surface area contributed by atoms with E-state index < -0.39 is 0 Å². The Morgan fingerprint density at radius 1 is 1.09 bits per heavy atom. The fourth-order valence-electron chi connectivity index (χ4n) is 1.97. The molecule has 3 aromatic rings.